The molecule has 0 aliphatic carbocycles. The van der Waals surface area contributed by atoms with E-state index in [4.69, 9.17) is 0 Å². The normalized spacial score (nSPS) is 13.1. The van der Waals surface area contributed by atoms with E-state index in [2.05, 4.69) is 118 Å². The summed E-state index contributed by atoms with van der Waals surface area (Å²) < 4.78 is 0. The molecule has 3 heterocycles. The van der Waals surface area contributed by atoms with E-state index >= 15 is 0 Å². The Hall–Kier alpha value is -1.94. The van der Waals surface area contributed by atoms with Crippen molar-refractivity contribution in [2.45, 2.75) is 119 Å². The number of benzene rings is 2. The quantitative estimate of drug-likeness (QED) is 0.156. The SMILES string of the molecule is CC(C)c1cc(C(C)C)c(-c2csc3c2[Si]c2c(-c4c(C(C)C)cc(C(C)C)cc4C(C)C)csc2-3)c(C(C)C)c1. The maximum atomic E-state index is 2.51. The van der Waals surface area contributed by atoms with Crippen molar-refractivity contribution < 1.29 is 0 Å². The Morgan fingerprint density at radius 3 is 0.976 bits per heavy atom. The van der Waals surface area contributed by atoms with Gasteiger partial charge in [-0.1, -0.05) is 107 Å². The highest BCUT2D eigenvalue weighted by atomic mass is 32.1. The Labute approximate surface area is 260 Å². The number of thiophene rings is 2. The molecule has 216 valence electrons. The van der Waals surface area contributed by atoms with Crippen LogP contribution in [0, 0.1) is 0 Å². The van der Waals surface area contributed by atoms with Gasteiger partial charge >= 0.3 is 0 Å². The maximum absolute atomic E-state index is 2.51. The average molecular weight is 597 g/mol. The van der Waals surface area contributed by atoms with Crippen molar-refractivity contribution in [2.75, 3.05) is 0 Å². The van der Waals surface area contributed by atoms with Gasteiger partial charge in [0.05, 0.1) is 0 Å². The predicted molar refractivity (Wildman–Crippen MR) is 188 cm³/mol. The van der Waals surface area contributed by atoms with Crippen LogP contribution < -0.4 is 10.4 Å². The summed E-state index contributed by atoms with van der Waals surface area (Å²) in [6.07, 6.45) is 0. The first-order valence-corrected chi connectivity index (χ1v) is 18.4. The molecular weight excluding hydrogens is 549 g/mol. The molecule has 0 bridgehead atoms. The van der Waals surface area contributed by atoms with Crippen LogP contribution in [0.3, 0.4) is 0 Å². The molecule has 2 aromatic heterocycles. The molecule has 5 rings (SSSR count). The molecule has 4 aromatic rings. The van der Waals surface area contributed by atoms with Crippen LogP contribution in [0.25, 0.3) is 32.0 Å². The summed E-state index contributed by atoms with van der Waals surface area (Å²) in [7, 11) is 0.714. The minimum absolute atomic E-state index is 0.493. The van der Waals surface area contributed by atoms with Crippen LogP contribution in [0.1, 0.15) is 152 Å². The van der Waals surface area contributed by atoms with E-state index in [0.717, 1.165) is 0 Å². The van der Waals surface area contributed by atoms with Crippen molar-refractivity contribution in [1.82, 2.24) is 0 Å². The van der Waals surface area contributed by atoms with E-state index in [9.17, 15) is 0 Å². The second kappa shape index (κ2) is 11.6. The minimum Gasteiger partial charge on any atom is -0.142 e. The lowest BCUT2D eigenvalue weighted by Gasteiger charge is -2.24. The third kappa shape index (κ3) is 5.36. The zero-order valence-corrected chi connectivity index (χ0v) is 29.9. The molecule has 0 nitrogen and oxygen atoms in total. The monoisotopic (exact) mass is 596 g/mol. The van der Waals surface area contributed by atoms with Gasteiger partial charge in [-0.15, -0.1) is 22.7 Å². The highest BCUT2D eigenvalue weighted by molar-refractivity contribution is 7.25. The summed E-state index contributed by atoms with van der Waals surface area (Å²) in [6, 6.07) is 10.1. The first kappa shape index (κ1) is 30.5. The lowest BCUT2D eigenvalue weighted by Crippen LogP contribution is -2.24. The second-order valence-corrected chi connectivity index (χ2v) is 16.9. The molecule has 0 fully saturated rings. The Kier molecular flexibility index (Phi) is 8.65. The predicted octanol–water partition coefficient (Wildman–Crippen LogP) is 11.5. The van der Waals surface area contributed by atoms with Gasteiger partial charge in [0.1, 0.15) is 9.52 Å². The molecule has 0 unspecified atom stereocenters. The topological polar surface area (TPSA) is 0 Å². The van der Waals surface area contributed by atoms with Gasteiger partial charge in [-0.25, -0.2) is 0 Å². The number of fused-ring (bicyclic) bond motifs is 3. The van der Waals surface area contributed by atoms with Crippen molar-refractivity contribution in [3.8, 4) is 32.0 Å². The fourth-order valence-electron chi connectivity index (χ4n) is 6.32. The minimum atomic E-state index is 0.493. The molecule has 2 radical (unpaired) electrons. The molecule has 2 aromatic carbocycles. The van der Waals surface area contributed by atoms with Gasteiger partial charge in [-0.2, -0.15) is 0 Å². The largest absolute Gasteiger partial charge is 0.142 e. The van der Waals surface area contributed by atoms with Crippen molar-refractivity contribution in [2.24, 2.45) is 0 Å². The van der Waals surface area contributed by atoms with Crippen LogP contribution in [0.15, 0.2) is 35.0 Å². The summed E-state index contributed by atoms with van der Waals surface area (Å²) in [5.41, 5.74) is 15.1. The molecule has 41 heavy (non-hydrogen) atoms. The number of rotatable bonds is 8. The molecule has 1 aliphatic heterocycles. The Bertz CT molecular complexity index is 1400. The van der Waals surface area contributed by atoms with Gasteiger partial charge in [0.15, 0.2) is 0 Å². The van der Waals surface area contributed by atoms with E-state index < -0.39 is 0 Å². The first-order valence-electron chi connectivity index (χ1n) is 15.7. The Balaban J connectivity index is 1.70. The molecule has 0 amide bonds. The van der Waals surface area contributed by atoms with Crippen LogP contribution in [0.5, 0.6) is 0 Å². The van der Waals surface area contributed by atoms with Crippen molar-refractivity contribution in [3.63, 3.8) is 0 Å². The fraction of sp³-hybridized carbons (Fsp3) is 0.474. The summed E-state index contributed by atoms with van der Waals surface area (Å²) in [6.45, 7) is 28.3. The van der Waals surface area contributed by atoms with Gasteiger partial charge in [-0.3, -0.25) is 0 Å². The number of hydrogen-bond donors (Lipinski definition) is 0. The Morgan fingerprint density at radius 2 is 0.732 bits per heavy atom. The molecular formula is C38H48S2Si. The van der Waals surface area contributed by atoms with Crippen molar-refractivity contribution in [3.05, 3.63) is 68.4 Å². The van der Waals surface area contributed by atoms with E-state index in [1.54, 1.807) is 10.4 Å². The average Bonchev–Trinajstić information content (AvgIpc) is 3.59. The van der Waals surface area contributed by atoms with Crippen LogP contribution >= 0.6 is 22.7 Å². The fourth-order valence-corrected chi connectivity index (χ4v) is 10.9. The van der Waals surface area contributed by atoms with E-state index in [0.29, 0.717) is 45.0 Å². The van der Waals surface area contributed by atoms with Crippen LogP contribution in [-0.2, 0) is 0 Å². The van der Waals surface area contributed by atoms with Gasteiger partial charge < -0.3 is 0 Å². The standard InChI is InChI=1S/C38H48S2Si/c1-19(2)25-13-27(21(5)6)33(28(14-25)22(7)8)31-17-39-35-36-38(41-37(31)35)32(18-40-36)34-29(23(9)10)15-26(20(3)4)16-30(34)24(11)12/h13-24H,1-12H3. The molecule has 0 spiro atoms. The summed E-state index contributed by atoms with van der Waals surface area (Å²) in [5, 5.41) is 8.16. The molecule has 0 saturated heterocycles. The second-order valence-electron chi connectivity index (χ2n) is 13.9. The van der Waals surface area contributed by atoms with E-state index in [1.165, 1.54) is 65.4 Å². The lowest BCUT2D eigenvalue weighted by atomic mass is 9.82. The summed E-state index contributed by atoms with van der Waals surface area (Å²) >= 11 is 3.96. The van der Waals surface area contributed by atoms with Crippen LogP contribution in [0.4, 0.5) is 0 Å². The third-order valence-electron chi connectivity index (χ3n) is 8.84. The van der Waals surface area contributed by atoms with Gasteiger partial charge in [0.25, 0.3) is 0 Å². The van der Waals surface area contributed by atoms with Crippen LogP contribution in [0.2, 0.25) is 0 Å². The molecule has 0 saturated carbocycles. The number of hydrogen-bond acceptors (Lipinski definition) is 2. The van der Waals surface area contributed by atoms with Crippen LogP contribution in [-0.4, -0.2) is 9.52 Å². The molecule has 1 aliphatic rings. The maximum Gasteiger partial charge on any atom is 0.127 e. The molecule has 0 atom stereocenters. The zero-order chi connectivity index (χ0) is 29.9. The van der Waals surface area contributed by atoms with Gasteiger partial charge in [0.2, 0.25) is 0 Å². The van der Waals surface area contributed by atoms with Crippen molar-refractivity contribution in [1.29, 1.82) is 0 Å². The molecule has 0 N–H and O–H groups in total. The third-order valence-corrected chi connectivity index (χ3v) is 12.9. The van der Waals surface area contributed by atoms with Gasteiger partial charge in [0, 0.05) is 9.75 Å². The summed E-state index contributed by atoms with van der Waals surface area (Å²) in [4.78, 5) is 3.05. The van der Waals surface area contributed by atoms with Gasteiger partial charge in [-0.05, 0) is 112 Å². The van der Waals surface area contributed by atoms with Crippen molar-refractivity contribution >= 4 is 42.6 Å². The van der Waals surface area contributed by atoms with E-state index in [1.807, 2.05) is 22.7 Å². The Morgan fingerprint density at radius 1 is 0.439 bits per heavy atom. The first-order chi connectivity index (χ1) is 19.3. The molecule has 3 heteroatoms. The smallest absolute Gasteiger partial charge is 0.127 e. The zero-order valence-electron chi connectivity index (χ0n) is 27.2. The lowest BCUT2D eigenvalue weighted by molar-refractivity contribution is 0.807. The highest BCUT2D eigenvalue weighted by Crippen LogP contribution is 2.46. The van der Waals surface area contributed by atoms with E-state index in [-0.39, 0.29) is 0 Å². The summed E-state index contributed by atoms with van der Waals surface area (Å²) in [5.74, 6) is 3.05. The highest BCUT2D eigenvalue weighted by Gasteiger charge is 2.33.